The van der Waals surface area contributed by atoms with Crippen LogP contribution in [0.25, 0.3) is 0 Å². The molecule has 0 saturated heterocycles. The van der Waals surface area contributed by atoms with Crippen molar-refractivity contribution in [3.8, 4) is 0 Å². The van der Waals surface area contributed by atoms with Crippen molar-refractivity contribution >= 4 is 23.1 Å². The number of nitrogens with one attached hydrogen (secondary N) is 1. The van der Waals surface area contributed by atoms with Gasteiger partial charge in [-0.1, -0.05) is 25.4 Å². The van der Waals surface area contributed by atoms with Crippen LogP contribution in [0.3, 0.4) is 0 Å². The summed E-state index contributed by atoms with van der Waals surface area (Å²) in [4.78, 5) is 4.74. The topological polar surface area (TPSA) is 56.4 Å². The fourth-order valence-electron chi connectivity index (χ4n) is 2.41. The Bertz CT molecular complexity index is 458. The molecular weight excluding hydrogens is 284 g/mol. The Morgan fingerprint density at radius 2 is 1.81 bits per heavy atom. The Morgan fingerprint density at radius 3 is 2.29 bits per heavy atom. The number of hydrogen-bond acceptors (Lipinski definition) is 3. The lowest BCUT2D eigenvalue weighted by molar-refractivity contribution is 0.301. The number of nitrogens with two attached hydrogens (primary N) is 1. The largest absolute Gasteiger partial charge is 0.384 e. The number of benzene rings is 1. The third kappa shape index (κ3) is 5.21. The Morgan fingerprint density at radius 1 is 1.14 bits per heavy atom. The van der Waals surface area contributed by atoms with Crippen LogP contribution in [0.1, 0.15) is 32.8 Å². The quantitative estimate of drug-likeness (QED) is 0.544. The van der Waals surface area contributed by atoms with Crippen molar-refractivity contribution in [3.05, 3.63) is 28.8 Å². The van der Waals surface area contributed by atoms with Gasteiger partial charge in [-0.05, 0) is 51.2 Å². The molecule has 0 spiro atoms. The summed E-state index contributed by atoms with van der Waals surface area (Å²) < 4.78 is 0. The Kier molecular flexibility index (Phi) is 7.54. The lowest BCUT2D eigenvalue weighted by atomic mass is 10.1. The maximum Gasteiger partial charge on any atom is 0.124 e. The predicted molar refractivity (Wildman–Crippen MR) is 92.8 cm³/mol. The maximum atomic E-state index is 7.47. The zero-order valence-electron chi connectivity index (χ0n) is 13.3. The van der Waals surface area contributed by atoms with E-state index >= 15 is 0 Å². The van der Waals surface area contributed by atoms with Gasteiger partial charge < -0.3 is 15.5 Å². The highest BCUT2D eigenvalue weighted by molar-refractivity contribution is 6.34. The van der Waals surface area contributed by atoms with Crippen LogP contribution in [0.15, 0.2) is 18.2 Å². The molecule has 0 aliphatic rings. The van der Waals surface area contributed by atoms with Crippen molar-refractivity contribution in [1.29, 1.82) is 5.41 Å². The van der Waals surface area contributed by atoms with E-state index in [1.54, 1.807) is 0 Å². The van der Waals surface area contributed by atoms with Crippen LogP contribution >= 0.6 is 11.6 Å². The second kappa shape index (κ2) is 8.90. The van der Waals surface area contributed by atoms with Gasteiger partial charge in [0.15, 0.2) is 0 Å². The lowest BCUT2D eigenvalue weighted by Crippen LogP contribution is -2.30. The van der Waals surface area contributed by atoms with Crippen LogP contribution in [0.5, 0.6) is 0 Å². The SMILES string of the molecule is CCN(CC)CCCN(CC)c1ccc(C(=N)N)c(Cl)c1. The highest BCUT2D eigenvalue weighted by Crippen LogP contribution is 2.23. The van der Waals surface area contributed by atoms with Gasteiger partial charge in [0.05, 0.1) is 5.02 Å². The second-order valence-corrected chi connectivity index (χ2v) is 5.45. The number of amidine groups is 1. The summed E-state index contributed by atoms with van der Waals surface area (Å²) in [5.74, 6) is 0.0103. The highest BCUT2D eigenvalue weighted by Gasteiger charge is 2.09. The third-order valence-corrected chi connectivity index (χ3v) is 4.10. The molecule has 0 fully saturated rings. The maximum absolute atomic E-state index is 7.47. The first-order valence-corrected chi connectivity index (χ1v) is 8.02. The molecule has 1 aromatic rings. The molecule has 3 N–H and O–H groups in total. The zero-order valence-corrected chi connectivity index (χ0v) is 14.1. The molecule has 0 atom stereocenters. The van der Waals surface area contributed by atoms with Gasteiger partial charge in [-0.15, -0.1) is 0 Å². The lowest BCUT2D eigenvalue weighted by Gasteiger charge is -2.25. The van der Waals surface area contributed by atoms with E-state index in [9.17, 15) is 0 Å². The normalized spacial score (nSPS) is 10.9. The van der Waals surface area contributed by atoms with Crippen LogP contribution in [0, 0.1) is 5.41 Å². The molecule has 0 amide bonds. The van der Waals surface area contributed by atoms with Gasteiger partial charge in [-0.2, -0.15) is 0 Å². The summed E-state index contributed by atoms with van der Waals surface area (Å²) >= 11 is 6.20. The van der Waals surface area contributed by atoms with E-state index in [4.69, 9.17) is 22.7 Å². The van der Waals surface area contributed by atoms with Gasteiger partial charge in [-0.3, -0.25) is 5.41 Å². The Hall–Kier alpha value is -1.26. The highest BCUT2D eigenvalue weighted by atomic mass is 35.5. The molecule has 5 heteroatoms. The average molecular weight is 311 g/mol. The first kappa shape index (κ1) is 17.8. The van der Waals surface area contributed by atoms with Crippen LogP contribution < -0.4 is 10.6 Å². The summed E-state index contributed by atoms with van der Waals surface area (Å²) in [6.45, 7) is 11.8. The molecule has 0 aliphatic carbocycles. The molecule has 0 heterocycles. The first-order chi connectivity index (χ1) is 10.0. The minimum Gasteiger partial charge on any atom is -0.384 e. The van der Waals surface area contributed by atoms with Crippen molar-refractivity contribution < 1.29 is 0 Å². The third-order valence-electron chi connectivity index (χ3n) is 3.79. The van der Waals surface area contributed by atoms with E-state index in [1.165, 1.54) is 0 Å². The molecule has 1 aromatic carbocycles. The Balaban J connectivity index is 2.68. The molecule has 118 valence electrons. The van der Waals surface area contributed by atoms with Crippen molar-refractivity contribution in [2.24, 2.45) is 5.73 Å². The summed E-state index contributed by atoms with van der Waals surface area (Å²) in [5, 5.41) is 8.02. The number of hydrogen-bond donors (Lipinski definition) is 2. The van der Waals surface area contributed by atoms with Crippen LogP contribution in [-0.2, 0) is 0 Å². The minimum absolute atomic E-state index is 0.0103. The molecule has 21 heavy (non-hydrogen) atoms. The van der Waals surface area contributed by atoms with E-state index in [1.807, 2.05) is 18.2 Å². The molecule has 0 unspecified atom stereocenters. The summed E-state index contributed by atoms with van der Waals surface area (Å²) in [7, 11) is 0. The summed E-state index contributed by atoms with van der Waals surface area (Å²) in [6.07, 6.45) is 1.13. The van der Waals surface area contributed by atoms with Gasteiger partial charge in [-0.25, -0.2) is 0 Å². The first-order valence-electron chi connectivity index (χ1n) is 7.64. The van der Waals surface area contributed by atoms with Crippen molar-refractivity contribution in [2.45, 2.75) is 27.2 Å². The second-order valence-electron chi connectivity index (χ2n) is 5.04. The number of halogens is 1. The van der Waals surface area contributed by atoms with Crippen LogP contribution in [-0.4, -0.2) is 43.5 Å². The smallest absolute Gasteiger partial charge is 0.124 e. The molecule has 0 bridgehead atoms. The van der Waals surface area contributed by atoms with Gasteiger partial charge in [0.25, 0.3) is 0 Å². The fraction of sp³-hybridized carbons (Fsp3) is 0.562. The van der Waals surface area contributed by atoms with E-state index < -0.39 is 0 Å². The Labute approximate surface area is 133 Å². The molecule has 0 radical (unpaired) electrons. The summed E-state index contributed by atoms with van der Waals surface area (Å²) in [6, 6.07) is 5.72. The molecule has 0 aliphatic heterocycles. The van der Waals surface area contributed by atoms with Crippen molar-refractivity contribution in [3.63, 3.8) is 0 Å². The molecule has 0 saturated carbocycles. The van der Waals surface area contributed by atoms with Gasteiger partial charge >= 0.3 is 0 Å². The van der Waals surface area contributed by atoms with Gasteiger partial charge in [0.1, 0.15) is 5.84 Å². The van der Waals surface area contributed by atoms with Crippen LogP contribution in [0.4, 0.5) is 5.69 Å². The average Bonchev–Trinajstić information content (AvgIpc) is 2.47. The van der Waals surface area contributed by atoms with E-state index in [0.717, 1.165) is 44.8 Å². The van der Waals surface area contributed by atoms with Crippen LogP contribution in [0.2, 0.25) is 5.02 Å². The van der Waals surface area contributed by atoms with Crippen molar-refractivity contribution in [1.82, 2.24) is 4.90 Å². The zero-order chi connectivity index (χ0) is 15.8. The van der Waals surface area contributed by atoms with E-state index in [0.29, 0.717) is 10.6 Å². The fourth-order valence-corrected chi connectivity index (χ4v) is 2.69. The standard InChI is InChI=1S/C16H27ClN4/c1-4-20(5-2)10-7-11-21(6-3)13-8-9-14(16(18)19)15(17)12-13/h8-9,12H,4-7,10-11H2,1-3H3,(H3,18,19). The molecule has 4 nitrogen and oxygen atoms in total. The number of nitrogens with zero attached hydrogens (tertiary/aromatic N) is 2. The van der Waals surface area contributed by atoms with E-state index in [2.05, 4.69) is 30.6 Å². The van der Waals surface area contributed by atoms with Gasteiger partial charge in [0, 0.05) is 24.3 Å². The molecule has 0 aromatic heterocycles. The van der Waals surface area contributed by atoms with Crippen molar-refractivity contribution in [2.75, 3.05) is 37.6 Å². The minimum atomic E-state index is 0.0103. The number of rotatable bonds is 9. The molecule has 1 rings (SSSR count). The van der Waals surface area contributed by atoms with E-state index in [-0.39, 0.29) is 5.84 Å². The number of anilines is 1. The van der Waals surface area contributed by atoms with Gasteiger partial charge in [0.2, 0.25) is 0 Å². The predicted octanol–water partition coefficient (Wildman–Crippen LogP) is 3.18. The molecular formula is C16H27ClN4. The number of nitrogen functional groups attached to an aromatic ring is 1. The summed E-state index contributed by atoms with van der Waals surface area (Å²) in [5.41, 5.74) is 7.18. The monoisotopic (exact) mass is 310 g/mol.